The molecule has 3 heterocycles. The molecule has 2 aromatic heterocycles. The van der Waals surface area contributed by atoms with Crippen molar-refractivity contribution in [1.29, 1.82) is 0 Å². The number of thiophene rings is 1. The van der Waals surface area contributed by atoms with Crippen molar-refractivity contribution in [3.8, 4) is 0 Å². The fourth-order valence-electron chi connectivity index (χ4n) is 3.67. The highest BCUT2D eigenvalue weighted by Gasteiger charge is 2.42. The summed E-state index contributed by atoms with van der Waals surface area (Å²) < 4.78 is 10.6. The van der Waals surface area contributed by atoms with Crippen molar-refractivity contribution >= 4 is 28.9 Å². The molecule has 4 rings (SSSR count). The number of nitrogens with zero attached hydrogens (tertiary/aromatic N) is 2. The van der Waals surface area contributed by atoms with Gasteiger partial charge in [-0.2, -0.15) is 0 Å². The van der Waals surface area contributed by atoms with E-state index >= 15 is 0 Å². The SMILES string of the molecule is Cc1ccc(N2C(=O)CCC(C(=O)OCc3cc(C)on3)C2c2cccs2)cc1. The predicted molar refractivity (Wildman–Crippen MR) is 109 cm³/mol. The van der Waals surface area contributed by atoms with E-state index < -0.39 is 5.92 Å². The number of carbonyl (C=O) groups excluding carboxylic acids is 2. The van der Waals surface area contributed by atoms with Gasteiger partial charge >= 0.3 is 5.97 Å². The van der Waals surface area contributed by atoms with E-state index in [4.69, 9.17) is 9.26 Å². The zero-order chi connectivity index (χ0) is 20.4. The highest BCUT2D eigenvalue weighted by molar-refractivity contribution is 7.10. The molecule has 29 heavy (non-hydrogen) atoms. The second-order valence-corrected chi connectivity index (χ2v) is 8.22. The predicted octanol–water partition coefficient (Wildman–Crippen LogP) is 4.58. The molecule has 6 nitrogen and oxygen atoms in total. The van der Waals surface area contributed by atoms with Crippen molar-refractivity contribution in [1.82, 2.24) is 5.16 Å². The molecule has 150 valence electrons. The van der Waals surface area contributed by atoms with Crippen LogP contribution in [0, 0.1) is 19.8 Å². The van der Waals surface area contributed by atoms with Crippen molar-refractivity contribution in [2.45, 2.75) is 39.3 Å². The van der Waals surface area contributed by atoms with Gasteiger partial charge in [-0.25, -0.2) is 0 Å². The quantitative estimate of drug-likeness (QED) is 0.576. The van der Waals surface area contributed by atoms with Crippen LogP contribution in [0.5, 0.6) is 0 Å². The smallest absolute Gasteiger partial charge is 0.311 e. The number of aryl methyl sites for hydroxylation is 2. The number of hydrogen-bond acceptors (Lipinski definition) is 6. The third kappa shape index (κ3) is 4.10. The van der Waals surface area contributed by atoms with Gasteiger partial charge in [-0.3, -0.25) is 9.59 Å². The molecule has 1 aromatic carbocycles. The standard InChI is InChI=1S/C22H22N2O4S/c1-14-5-7-17(8-6-14)24-20(25)10-9-18(21(24)19-4-3-11-29-19)22(26)27-13-16-12-15(2)28-23-16/h3-8,11-12,18,21H,9-10,13H2,1-2H3. The maximum absolute atomic E-state index is 13.0. The molecule has 1 fully saturated rings. The Kier molecular flexibility index (Phi) is 5.49. The number of aromatic nitrogens is 1. The van der Waals surface area contributed by atoms with Crippen LogP contribution in [0.15, 0.2) is 52.4 Å². The average Bonchev–Trinajstić information content (AvgIpc) is 3.38. The van der Waals surface area contributed by atoms with Crippen LogP contribution >= 0.6 is 11.3 Å². The lowest BCUT2D eigenvalue weighted by atomic mass is 9.87. The van der Waals surface area contributed by atoms with Crippen LogP contribution in [0.3, 0.4) is 0 Å². The number of esters is 1. The van der Waals surface area contributed by atoms with Gasteiger partial charge in [0.2, 0.25) is 5.91 Å². The summed E-state index contributed by atoms with van der Waals surface area (Å²) in [4.78, 5) is 28.6. The highest BCUT2D eigenvalue weighted by Crippen LogP contribution is 2.42. The molecule has 1 saturated heterocycles. The molecule has 1 aliphatic rings. The molecule has 2 unspecified atom stereocenters. The maximum Gasteiger partial charge on any atom is 0.311 e. The van der Waals surface area contributed by atoms with Crippen molar-refractivity contribution < 1.29 is 18.8 Å². The lowest BCUT2D eigenvalue weighted by Crippen LogP contribution is -2.45. The maximum atomic E-state index is 13.0. The summed E-state index contributed by atoms with van der Waals surface area (Å²) in [5, 5.41) is 5.83. The van der Waals surface area contributed by atoms with E-state index in [9.17, 15) is 9.59 Å². The van der Waals surface area contributed by atoms with E-state index in [1.165, 1.54) is 0 Å². The zero-order valence-electron chi connectivity index (χ0n) is 16.3. The summed E-state index contributed by atoms with van der Waals surface area (Å²) in [7, 11) is 0. The lowest BCUT2D eigenvalue weighted by Gasteiger charge is -2.39. The Morgan fingerprint density at radius 2 is 2.07 bits per heavy atom. The molecule has 0 radical (unpaired) electrons. The Hall–Kier alpha value is -2.93. The summed E-state index contributed by atoms with van der Waals surface area (Å²) in [6.07, 6.45) is 0.763. The molecule has 0 bridgehead atoms. The fourth-order valence-corrected chi connectivity index (χ4v) is 4.55. The van der Waals surface area contributed by atoms with Gasteiger partial charge in [0.1, 0.15) is 18.1 Å². The highest BCUT2D eigenvalue weighted by atomic mass is 32.1. The van der Waals surface area contributed by atoms with Crippen LogP contribution in [0.25, 0.3) is 0 Å². The van der Waals surface area contributed by atoms with E-state index in [1.54, 1.807) is 29.2 Å². The fraction of sp³-hybridized carbons (Fsp3) is 0.318. The second-order valence-electron chi connectivity index (χ2n) is 7.24. The minimum atomic E-state index is -0.444. The molecule has 1 aliphatic heterocycles. The lowest BCUT2D eigenvalue weighted by molar-refractivity contribution is -0.152. The van der Waals surface area contributed by atoms with Crippen LogP contribution in [0.4, 0.5) is 5.69 Å². The van der Waals surface area contributed by atoms with Crippen LogP contribution in [-0.2, 0) is 20.9 Å². The summed E-state index contributed by atoms with van der Waals surface area (Å²) in [6.45, 7) is 3.85. The second kappa shape index (κ2) is 8.21. The molecule has 3 aromatic rings. The Labute approximate surface area is 173 Å². The number of carbonyl (C=O) groups is 2. The van der Waals surface area contributed by atoms with Crippen LogP contribution < -0.4 is 4.90 Å². The number of amides is 1. The number of benzene rings is 1. The topological polar surface area (TPSA) is 72.6 Å². The number of ether oxygens (including phenoxy) is 1. The van der Waals surface area contributed by atoms with Gasteiger partial charge in [-0.05, 0) is 43.8 Å². The first kappa shape index (κ1) is 19.4. The van der Waals surface area contributed by atoms with E-state index in [1.807, 2.05) is 48.7 Å². The first-order chi connectivity index (χ1) is 14.0. The normalized spacial score (nSPS) is 19.4. The molecule has 0 saturated carbocycles. The number of rotatable bonds is 5. The molecular formula is C22H22N2O4S. The molecule has 7 heteroatoms. The van der Waals surface area contributed by atoms with Crippen LogP contribution in [-0.4, -0.2) is 17.0 Å². The van der Waals surface area contributed by atoms with Gasteiger partial charge < -0.3 is 14.2 Å². The van der Waals surface area contributed by atoms with Crippen LogP contribution in [0.2, 0.25) is 0 Å². The number of hydrogen-bond donors (Lipinski definition) is 0. The molecule has 2 atom stereocenters. The zero-order valence-corrected chi connectivity index (χ0v) is 17.1. The molecule has 0 spiro atoms. The van der Waals surface area contributed by atoms with Gasteiger partial charge in [0.05, 0.1) is 12.0 Å². The van der Waals surface area contributed by atoms with Gasteiger partial charge in [-0.15, -0.1) is 11.3 Å². The summed E-state index contributed by atoms with van der Waals surface area (Å²) in [6, 6.07) is 13.1. The van der Waals surface area contributed by atoms with Crippen molar-refractivity contribution in [3.63, 3.8) is 0 Å². The van der Waals surface area contributed by atoms with Crippen molar-refractivity contribution in [2.24, 2.45) is 5.92 Å². The van der Waals surface area contributed by atoms with Gasteiger partial charge in [0.25, 0.3) is 0 Å². The third-order valence-corrected chi connectivity index (χ3v) is 6.03. The van der Waals surface area contributed by atoms with Crippen molar-refractivity contribution in [2.75, 3.05) is 4.90 Å². The summed E-state index contributed by atoms with van der Waals surface area (Å²) in [5.41, 5.74) is 2.49. The first-order valence-corrected chi connectivity index (χ1v) is 10.4. The average molecular weight is 410 g/mol. The summed E-state index contributed by atoms with van der Waals surface area (Å²) in [5.74, 6) is -0.0842. The Bertz CT molecular complexity index is 994. The molecule has 0 N–H and O–H groups in total. The molecular weight excluding hydrogens is 388 g/mol. The number of piperidine rings is 1. The van der Waals surface area contributed by atoms with E-state index in [0.717, 1.165) is 16.1 Å². The van der Waals surface area contributed by atoms with Crippen molar-refractivity contribution in [3.05, 3.63) is 69.7 Å². The first-order valence-electron chi connectivity index (χ1n) is 9.54. The summed E-state index contributed by atoms with van der Waals surface area (Å²) >= 11 is 1.54. The largest absolute Gasteiger partial charge is 0.459 e. The van der Waals surface area contributed by atoms with Gasteiger partial charge in [-0.1, -0.05) is 28.9 Å². The molecule has 1 amide bonds. The minimum Gasteiger partial charge on any atom is -0.459 e. The van der Waals surface area contributed by atoms with E-state index in [0.29, 0.717) is 24.3 Å². The third-order valence-electron chi connectivity index (χ3n) is 5.09. The Balaban J connectivity index is 1.62. The van der Waals surface area contributed by atoms with E-state index in [-0.39, 0.29) is 24.5 Å². The Morgan fingerprint density at radius 3 is 2.72 bits per heavy atom. The van der Waals surface area contributed by atoms with Crippen LogP contribution in [0.1, 0.15) is 40.8 Å². The number of anilines is 1. The molecule has 0 aliphatic carbocycles. The monoisotopic (exact) mass is 410 g/mol. The van der Waals surface area contributed by atoms with E-state index in [2.05, 4.69) is 5.16 Å². The Morgan fingerprint density at radius 1 is 1.28 bits per heavy atom. The van der Waals surface area contributed by atoms with Gasteiger partial charge in [0, 0.05) is 23.1 Å². The minimum absolute atomic E-state index is 0.0171. The van der Waals surface area contributed by atoms with Gasteiger partial charge in [0.15, 0.2) is 0 Å².